The summed E-state index contributed by atoms with van der Waals surface area (Å²) in [6.45, 7) is 1.69. The van der Waals surface area contributed by atoms with Gasteiger partial charge in [0.15, 0.2) is 6.29 Å². The minimum atomic E-state index is -0.133. The zero-order valence-corrected chi connectivity index (χ0v) is 8.28. The predicted molar refractivity (Wildman–Crippen MR) is 55.2 cm³/mol. The molecular weight excluding hydrogens is 192 g/mol. The van der Waals surface area contributed by atoms with Gasteiger partial charge < -0.3 is 5.32 Å². The summed E-state index contributed by atoms with van der Waals surface area (Å²) in [5.74, 6) is 5.35. The van der Waals surface area contributed by atoms with Crippen LogP contribution in [0.4, 0.5) is 0 Å². The first-order valence-electron chi connectivity index (χ1n) is 4.36. The van der Waals surface area contributed by atoms with E-state index >= 15 is 0 Å². The number of amides is 1. The van der Waals surface area contributed by atoms with E-state index in [1.807, 2.05) is 0 Å². The first-order valence-corrected chi connectivity index (χ1v) is 4.36. The Morgan fingerprint density at radius 2 is 2.47 bits per heavy atom. The van der Waals surface area contributed by atoms with E-state index < -0.39 is 0 Å². The smallest absolute Gasteiger partial charge is 0.217 e. The lowest BCUT2D eigenvalue weighted by Crippen LogP contribution is -2.19. The lowest BCUT2D eigenvalue weighted by atomic mass is 10.1. The molecule has 0 saturated carbocycles. The summed E-state index contributed by atoms with van der Waals surface area (Å²) in [5, 5.41) is 2.53. The standard InChI is InChI=1S/C11H10N2O2/c1-9(15)13-5-2-3-10-7-12-6-4-11(10)8-14/h4,6-8H,5H2,1H3,(H,13,15). The summed E-state index contributed by atoms with van der Waals surface area (Å²) in [4.78, 5) is 25.0. The molecule has 0 aliphatic carbocycles. The molecule has 0 aromatic carbocycles. The molecule has 1 amide bonds. The summed E-state index contributed by atoms with van der Waals surface area (Å²) in [6, 6.07) is 1.59. The van der Waals surface area contributed by atoms with Gasteiger partial charge in [-0.05, 0) is 6.07 Å². The molecule has 0 unspecified atom stereocenters. The van der Waals surface area contributed by atoms with Crippen molar-refractivity contribution in [1.29, 1.82) is 0 Å². The number of carbonyl (C=O) groups is 2. The molecule has 0 bridgehead atoms. The van der Waals surface area contributed by atoms with Crippen LogP contribution in [0.5, 0.6) is 0 Å². The van der Waals surface area contributed by atoms with Crippen molar-refractivity contribution in [2.45, 2.75) is 6.92 Å². The molecular formula is C11H10N2O2. The second kappa shape index (κ2) is 5.55. The zero-order chi connectivity index (χ0) is 11.1. The SMILES string of the molecule is CC(=O)NCC#Cc1cnccc1C=O. The summed E-state index contributed by atoms with van der Waals surface area (Å²) in [6.07, 6.45) is 3.78. The highest BCUT2D eigenvalue weighted by molar-refractivity contribution is 5.79. The zero-order valence-electron chi connectivity index (χ0n) is 8.28. The van der Waals surface area contributed by atoms with Crippen LogP contribution in [-0.2, 0) is 4.79 Å². The maximum absolute atomic E-state index is 10.6. The largest absolute Gasteiger partial charge is 0.345 e. The first-order chi connectivity index (χ1) is 7.24. The number of aldehydes is 1. The van der Waals surface area contributed by atoms with Gasteiger partial charge in [-0.2, -0.15) is 0 Å². The lowest BCUT2D eigenvalue weighted by Gasteiger charge is -1.94. The van der Waals surface area contributed by atoms with Crippen LogP contribution in [0.15, 0.2) is 18.5 Å². The van der Waals surface area contributed by atoms with Crippen LogP contribution in [0.1, 0.15) is 22.8 Å². The highest BCUT2D eigenvalue weighted by atomic mass is 16.1. The average molecular weight is 202 g/mol. The van der Waals surface area contributed by atoms with Crippen LogP contribution in [-0.4, -0.2) is 23.7 Å². The molecule has 0 saturated heterocycles. The Hall–Kier alpha value is -2.15. The minimum absolute atomic E-state index is 0.133. The second-order valence-corrected chi connectivity index (χ2v) is 2.79. The fourth-order valence-electron chi connectivity index (χ4n) is 0.921. The molecule has 1 rings (SSSR count). The van der Waals surface area contributed by atoms with Crippen LogP contribution in [0.3, 0.4) is 0 Å². The average Bonchev–Trinajstić information content (AvgIpc) is 2.24. The Labute approximate surface area is 87.7 Å². The highest BCUT2D eigenvalue weighted by Gasteiger charge is 1.95. The number of rotatable bonds is 2. The van der Waals surface area contributed by atoms with Crippen molar-refractivity contribution < 1.29 is 9.59 Å². The summed E-state index contributed by atoms with van der Waals surface area (Å²) < 4.78 is 0. The molecule has 0 aliphatic heterocycles. The van der Waals surface area contributed by atoms with E-state index in [0.717, 1.165) is 6.29 Å². The normalized spacial score (nSPS) is 8.60. The van der Waals surface area contributed by atoms with E-state index in [0.29, 0.717) is 11.1 Å². The van der Waals surface area contributed by atoms with Crippen molar-refractivity contribution in [1.82, 2.24) is 10.3 Å². The number of carbonyl (C=O) groups excluding carboxylic acids is 2. The summed E-state index contributed by atoms with van der Waals surface area (Å²) in [7, 11) is 0. The number of nitrogens with one attached hydrogen (secondary N) is 1. The topological polar surface area (TPSA) is 59.1 Å². The molecule has 76 valence electrons. The Morgan fingerprint density at radius 1 is 1.67 bits per heavy atom. The quantitative estimate of drug-likeness (QED) is 0.557. The molecule has 4 heteroatoms. The molecule has 0 atom stereocenters. The molecule has 1 aromatic rings. The van der Waals surface area contributed by atoms with E-state index in [9.17, 15) is 9.59 Å². The van der Waals surface area contributed by atoms with E-state index in [1.165, 1.54) is 19.3 Å². The van der Waals surface area contributed by atoms with Crippen molar-refractivity contribution >= 4 is 12.2 Å². The molecule has 0 radical (unpaired) electrons. The highest BCUT2D eigenvalue weighted by Crippen LogP contribution is 2.00. The minimum Gasteiger partial charge on any atom is -0.345 e. The predicted octanol–water partition coefficient (Wildman–Crippen LogP) is 0.382. The van der Waals surface area contributed by atoms with Crippen molar-refractivity contribution in [3.8, 4) is 11.8 Å². The van der Waals surface area contributed by atoms with Gasteiger partial charge in [-0.3, -0.25) is 14.6 Å². The summed E-state index contributed by atoms with van der Waals surface area (Å²) >= 11 is 0. The van der Waals surface area contributed by atoms with E-state index in [2.05, 4.69) is 22.1 Å². The fraction of sp³-hybridized carbons (Fsp3) is 0.182. The Balaban J connectivity index is 2.70. The van der Waals surface area contributed by atoms with Crippen LogP contribution in [0.25, 0.3) is 0 Å². The van der Waals surface area contributed by atoms with Crippen LogP contribution >= 0.6 is 0 Å². The van der Waals surface area contributed by atoms with E-state index in [-0.39, 0.29) is 12.5 Å². The van der Waals surface area contributed by atoms with Crippen LogP contribution in [0.2, 0.25) is 0 Å². The van der Waals surface area contributed by atoms with Crippen LogP contribution in [0, 0.1) is 11.8 Å². The second-order valence-electron chi connectivity index (χ2n) is 2.79. The van der Waals surface area contributed by atoms with Crippen molar-refractivity contribution in [2.75, 3.05) is 6.54 Å². The van der Waals surface area contributed by atoms with Gasteiger partial charge in [0.05, 0.1) is 12.1 Å². The summed E-state index contributed by atoms with van der Waals surface area (Å²) in [5.41, 5.74) is 1.07. The molecule has 1 heterocycles. The first kappa shape index (κ1) is 10.9. The molecule has 1 N–H and O–H groups in total. The van der Waals surface area contributed by atoms with Crippen molar-refractivity contribution in [3.63, 3.8) is 0 Å². The maximum atomic E-state index is 10.6. The van der Waals surface area contributed by atoms with E-state index in [4.69, 9.17) is 0 Å². The molecule has 15 heavy (non-hydrogen) atoms. The van der Waals surface area contributed by atoms with Gasteiger partial charge in [0.25, 0.3) is 0 Å². The van der Waals surface area contributed by atoms with Gasteiger partial charge in [-0.15, -0.1) is 0 Å². The third kappa shape index (κ3) is 3.61. The fourth-order valence-corrected chi connectivity index (χ4v) is 0.921. The Morgan fingerprint density at radius 3 is 3.13 bits per heavy atom. The molecule has 0 aliphatic rings. The number of aromatic nitrogens is 1. The van der Waals surface area contributed by atoms with Gasteiger partial charge >= 0.3 is 0 Å². The molecule has 0 spiro atoms. The van der Waals surface area contributed by atoms with Gasteiger partial charge in [0, 0.05) is 24.9 Å². The van der Waals surface area contributed by atoms with Gasteiger partial charge in [0.2, 0.25) is 5.91 Å². The third-order valence-corrected chi connectivity index (χ3v) is 1.63. The van der Waals surface area contributed by atoms with Gasteiger partial charge in [-0.1, -0.05) is 11.8 Å². The van der Waals surface area contributed by atoms with Crippen LogP contribution < -0.4 is 5.32 Å². The lowest BCUT2D eigenvalue weighted by molar-refractivity contribution is -0.118. The maximum Gasteiger partial charge on any atom is 0.217 e. The van der Waals surface area contributed by atoms with Crippen molar-refractivity contribution in [3.05, 3.63) is 29.6 Å². The Kier molecular flexibility index (Phi) is 4.05. The number of hydrogen-bond donors (Lipinski definition) is 1. The number of nitrogens with zero attached hydrogens (tertiary/aromatic N) is 1. The molecule has 4 nitrogen and oxygen atoms in total. The Bertz CT molecular complexity index is 430. The van der Waals surface area contributed by atoms with Gasteiger partial charge in [0.1, 0.15) is 0 Å². The molecule has 0 fully saturated rings. The number of hydrogen-bond acceptors (Lipinski definition) is 3. The van der Waals surface area contributed by atoms with Crippen molar-refractivity contribution in [2.24, 2.45) is 0 Å². The third-order valence-electron chi connectivity index (χ3n) is 1.63. The monoisotopic (exact) mass is 202 g/mol. The van der Waals surface area contributed by atoms with Gasteiger partial charge in [-0.25, -0.2) is 0 Å². The number of pyridine rings is 1. The molecule has 1 aromatic heterocycles. The van der Waals surface area contributed by atoms with E-state index in [1.54, 1.807) is 6.07 Å².